The van der Waals surface area contributed by atoms with E-state index in [0.29, 0.717) is 16.8 Å². The van der Waals surface area contributed by atoms with Gasteiger partial charge in [-0.05, 0) is 30.3 Å². The Morgan fingerprint density at radius 3 is 2.50 bits per heavy atom. The monoisotopic (exact) mass is 345 g/mol. The van der Waals surface area contributed by atoms with Gasteiger partial charge in [-0.3, -0.25) is 0 Å². The molecule has 1 unspecified atom stereocenters. The Labute approximate surface area is 150 Å². The molecule has 1 atom stereocenters. The van der Waals surface area contributed by atoms with Crippen molar-refractivity contribution in [3.8, 4) is 11.5 Å². The number of rotatable bonds is 4. The second-order valence-electron chi connectivity index (χ2n) is 6.07. The number of fused-ring (bicyclic) bond motifs is 1. The molecule has 0 saturated carbocycles. The number of aromatic nitrogens is 2. The summed E-state index contributed by atoms with van der Waals surface area (Å²) in [6.45, 7) is 0. The van der Waals surface area contributed by atoms with Gasteiger partial charge in [-0.15, -0.1) is 0 Å². The van der Waals surface area contributed by atoms with Gasteiger partial charge in [0.15, 0.2) is 24.3 Å². The Bertz CT molecular complexity index is 1050. The number of nitrogens with one attached hydrogen (secondary N) is 3. The van der Waals surface area contributed by atoms with E-state index in [1.54, 1.807) is 24.4 Å². The highest BCUT2D eigenvalue weighted by Crippen LogP contribution is 2.36. The highest BCUT2D eigenvalue weighted by Gasteiger charge is 2.23. The fourth-order valence-electron chi connectivity index (χ4n) is 3.11. The molecule has 26 heavy (non-hydrogen) atoms. The van der Waals surface area contributed by atoms with Crippen LogP contribution >= 0.6 is 0 Å². The molecule has 0 aliphatic heterocycles. The molecule has 5 heteroatoms. The predicted molar refractivity (Wildman–Crippen MR) is 98.7 cm³/mol. The number of aromatic hydroxyl groups is 2. The summed E-state index contributed by atoms with van der Waals surface area (Å²) in [6.07, 6.45) is 5.48. The second kappa shape index (κ2) is 6.72. The van der Waals surface area contributed by atoms with Gasteiger partial charge in [0.2, 0.25) is 0 Å². The van der Waals surface area contributed by atoms with Gasteiger partial charge in [0.05, 0.1) is 17.1 Å². The van der Waals surface area contributed by atoms with E-state index in [1.807, 2.05) is 54.9 Å². The second-order valence-corrected chi connectivity index (χ2v) is 6.07. The van der Waals surface area contributed by atoms with E-state index in [9.17, 15) is 10.2 Å². The lowest BCUT2D eigenvalue weighted by Gasteiger charge is -2.21. The van der Waals surface area contributed by atoms with E-state index in [2.05, 4.69) is 15.3 Å². The minimum atomic E-state index is -0.348. The maximum atomic E-state index is 10.9. The van der Waals surface area contributed by atoms with Crippen LogP contribution in [0, 0.1) is 0 Å². The van der Waals surface area contributed by atoms with Gasteiger partial charge in [-0.2, -0.15) is 0 Å². The van der Waals surface area contributed by atoms with E-state index in [1.165, 1.54) is 0 Å². The van der Waals surface area contributed by atoms with Crippen molar-refractivity contribution >= 4 is 16.6 Å². The van der Waals surface area contributed by atoms with Crippen LogP contribution in [0.2, 0.25) is 0 Å². The van der Waals surface area contributed by atoms with Gasteiger partial charge < -0.3 is 15.5 Å². The lowest BCUT2D eigenvalue weighted by molar-refractivity contribution is -0.378. The van der Waals surface area contributed by atoms with Crippen molar-refractivity contribution in [1.29, 1.82) is 0 Å². The number of phenols is 2. The van der Waals surface area contributed by atoms with Crippen LogP contribution in [0.3, 0.4) is 0 Å². The normalized spacial score (nSPS) is 12.0. The lowest BCUT2D eigenvalue weighted by Crippen LogP contribution is -2.16. The molecule has 0 radical (unpaired) electrons. The van der Waals surface area contributed by atoms with E-state index in [0.717, 1.165) is 10.9 Å². The number of para-hydroxylation sites is 2. The smallest absolute Gasteiger partial charge is 0.253 e. The summed E-state index contributed by atoms with van der Waals surface area (Å²) in [6, 6.07) is 18.3. The van der Waals surface area contributed by atoms with Gasteiger partial charge in [0.25, 0.3) is 5.52 Å². The van der Waals surface area contributed by atoms with Gasteiger partial charge in [-0.1, -0.05) is 18.2 Å². The van der Waals surface area contributed by atoms with E-state index in [4.69, 9.17) is 0 Å². The highest BCUT2D eigenvalue weighted by molar-refractivity contribution is 5.83. The van der Waals surface area contributed by atoms with Crippen molar-refractivity contribution in [3.63, 3.8) is 0 Å². The van der Waals surface area contributed by atoms with Crippen LogP contribution in [0.5, 0.6) is 11.5 Å². The Balaban J connectivity index is 1.86. The molecule has 0 saturated heterocycles. The minimum Gasteiger partial charge on any atom is -0.506 e. The topological polar surface area (TPSA) is 80.8 Å². The molecule has 2 heterocycles. The summed E-state index contributed by atoms with van der Waals surface area (Å²) < 4.78 is 0. The molecule has 2 aromatic heterocycles. The number of hydrogen-bond donors (Lipinski definition) is 3. The molecule has 5 nitrogen and oxygen atoms in total. The van der Waals surface area contributed by atoms with Gasteiger partial charge in [-0.25, -0.2) is 9.97 Å². The van der Waals surface area contributed by atoms with E-state index >= 15 is 0 Å². The molecule has 2 aromatic carbocycles. The highest BCUT2D eigenvalue weighted by atomic mass is 16.3. The molecule has 0 bridgehead atoms. The standard InChI is InChI=1S/C21H17N3O2/c25-18-8-2-1-7-17(18)24-19(15-6-3-11-22-13-15)16-10-9-14-5-4-12-23-20(14)21(16)26/h1-13,19,24-26H/p+2. The third kappa shape index (κ3) is 2.91. The van der Waals surface area contributed by atoms with Crippen molar-refractivity contribution in [2.24, 2.45) is 0 Å². The van der Waals surface area contributed by atoms with Crippen LogP contribution in [0.25, 0.3) is 10.9 Å². The molecule has 4 rings (SSSR count). The summed E-state index contributed by atoms with van der Waals surface area (Å²) >= 11 is 0. The number of hydrogen-bond acceptors (Lipinski definition) is 3. The van der Waals surface area contributed by atoms with Crippen LogP contribution in [0.1, 0.15) is 17.2 Å². The number of anilines is 1. The Hall–Kier alpha value is -3.60. The van der Waals surface area contributed by atoms with Crippen LogP contribution < -0.4 is 15.3 Å². The fourth-order valence-corrected chi connectivity index (χ4v) is 3.11. The van der Waals surface area contributed by atoms with Crippen LogP contribution in [-0.4, -0.2) is 10.2 Å². The lowest BCUT2D eigenvalue weighted by atomic mass is 9.97. The summed E-state index contributed by atoms with van der Waals surface area (Å²) in [4.78, 5) is 6.18. The molecule has 5 N–H and O–H groups in total. The van der Waals surface area contributed by atoms with Crippen LogP contribution in [0.4, 0.5) is 5.69 Å². The number of phenolic OH excluding ortho intramolecular Hbond substituents is 2. The molecule has 4 aromatic rings. The van der Waals surface area contributed by atoms with Gasteiger partial charge >= 0.3 is 0 Å². The summed E-state index contributed by atoms with van der Waals surface area (Å²) in [7, 11) is 0. The molecule has 128 valence electrons. The quantitative estimate of drug-likeness (QED) is 0.497. The van der Waals surface area contributed by atoms with Crippen LogP contribution in [0.15, 0.2) is 79.3 Å². The van der Waals surface area contributed by atoms with Crippen LogP contribution in [-0.2, 0) is 0 Å². The number of pyridine rings is 2. The maximum Gasteiger partial charge on any atom is 0.253 e. The van der Waals surface area contributed by atoms with Gasteiger partial charge in [0, 0.05) is 23.3 Å². The average Bonchev–Trinajstić information content (AvgIpc) is 2.69. The molecular formula is C21H19N3O2+2. The number of benzene rings is 2. The SMILES string of the molecule is Oc1ccccc1NC(c1ccc[nH+]c1)c1ccc2ccc[nH+]c2c1O. The third-order valence-corrected chi connectivity index (χ3v) is 4.42. The zero-order valence-electron chi connectivity index (χ0n) is 14.0. The molecular weight excluding hydrogens is 326 g/mol. The summed E-state index contributed by atoms with van der Waals surface area (Å²) in [5.74, 6) is 0.337. The Kier molecular flexibility index (Phi) is 4.11. The summed E-state index contributed by atoms with van der Waals surface area (Å²) in [5.41, 5.74) is 2.91. The number of H-pyrrole nitrogens is 2. The summed E-state index contributed by atoms with van der Waals surface area (Å²) in [5, 5.41) is 25.3. The third-order valence-electron chi connectivity index (χ3n) is 4.42. The molecule has 0 aliphatic rings. The Morgan fingerprint density at radius 2 is 1.69 bits per heavy atom. The van der Waals surface area contributed by atoms with Crippen molar-refractivity contribution in [1.82, 2.24) is 0 Å². The number of aromatic amines is 2. The van der Waals surface area contributed by atoms with Crippen molar-refractivity contribution in [2.45, 2.75) is 6.04 Å². The molecule has 0 fully saturated rings. The minimum absolute atomic E-state index is 0.157. The first-order valence-corrected chi connectivity index (χ1v) is 8.37. The van der Waals surface area contributed by atoms with Gasteiger partial charge in [0.1, 0.15) is 5.75 Å². The first kappa shape index (κ1) is 15.9. The molecule has 0 amide bonds. The first-order chi connectivity index (χ1) is 12.7. The zero-order chi connectivity index (χ0) is 17.9. The maximum absolute atomic E-state index is 10.9. The fraction of sp³-hybridized carbons (Fsp3) is 0.0476. The molecule has 0 aliphatic carbocycles. The van der Waals surface area contributed by atoms with Crippen molar-refractivity contribution in [2.75, 3.05) is 5.32 Å². The van der Waals surface area contributed by atoms with E-state index in [-0.39, 0.29) is 17.5 Å². The first-order valence-electron chi connectivity index (χ1n) is 8.37. The van der Waals surface area contributed by atoms with E-state index < -0.39 is 0 Å². The van der Waals surface area contributed by atoms with Crippen molar-refractivity contribution < 1.29 is 20.2 Å². The Morgan fingerprint density at radius 1 is 0.846 bits per heavy atom. The zero-order valence-corrected chi connectivity index (χ0v) is 14.0. The predicted octanol–water partition coefficient (Wildman–Crippen LogP) is 3.08. The largest absolute Gasteiger partial charge is 0.506 e. The molecule has 0 spiro atoms. The average molecular weight is 345 g/mol. The van der Waals surface area contributed by atoms with Crippen molar-refractivity contribution in [3.05, 3.63) is 90.4 Å².